The average Bonchev–Trinajstić information content (AvgIpc) is 2.33. The molecule has 1 aromatic rings. The number of benzene rings is 1. The van der Waals surface area contributed by atoms with Crippen LogP contribution in [0.1, 0.15) is 43.7 Å². The van der Waals surface area contributed by atoms with E-state index < -0.39 is 0 Å². The van der Waals surface area contributed by atoms with Gasteiger partial charge in [0.05, 0.1) is 0 Å². The lowest BCUT2D eigenvalue weighted by Gasteiger charge is -2.28. The summed E-state index contributed by atoms with van der Waals surface area (Å²) in [5.74, 6) is 0.297. The number of para-hydroxylation sites is 1. The van der Waals surface area contributed by atoms with E-state index in [4.69, 9.17) is 5.73 Å². The van der Waals surface area contributed by atoms with E-state index in [0.717, 1.165) is 12.8 Å². The molecule has 1 aliphatic rings. The van der Waals surface area contributed by atoms with Crippen LogP contribution in [0, 0.1) is 5.92 Å². The second-order valence-electron chi connectivity index (χ2n) is 4.64. The first-order valence-corrected chi connectivity index (χ1v) is 5.96. The molecule has 1 aromatic carbocycles. The largest absolute Gasteiger partial charge is 0.504 e. The number of rotatable bonds is 2. The van der Waals surface area contributed by atoms with Crippen LogP contribution in [0.15, 0.2) is 18.2 Å². The van der Waals surface area contributed by atoms with Gasteiger partial charge in [0.2, 0.25) is 0 Å². The van der Waals surface area contributed by atoms with Crippen LogP contribution in [0.3, 0.4) is 0 Å². The van der Waals surface area contributed by atoms with Crippen molar-refractivity contribution in [2.75, 3.05) is 0 Å². The predicted molar refractivity (Wildman–Crippen MR) is 63.3 cm³/mol. The van der Waals surface area contributed by atoms with Crippen molar-refractivity contribution in [2.45, 2.75) is 38.1 Å². The van der Waals surface area contributed by atoms with Crippen LogP contribution in [0.4, 0.5) is 0 Å². The van der Waals surface area contributed by atoms with Crippen molar-refractivity contribution >= 4 is 0 Å². The number of aromatic hydroxyl groups is 2. The third-order valence-electron chi connectivity index (χ3n) is 3.56. The van der Waals surface area contributed by atoms with Gasteiger partial charge in [-0.2, -0.15) is 0 Å². The summed E-state index contributed by atoms with van der Waals surface area (Å²) in [7, 11) is 0. The van der Waals surface area contributed by atoms with E-state index in [2.05, 4.69) is 0 Å². The van der Waals surface area contributed by atoms with Crippen molar-refractivity contribution in [3.05, 3.63) is 23.8 Å². The summed E-state index contributed by atoms with van der Waals surface area (Å²) in [6, 6.07) is 4.85. The Kier molecular flexibility index (Phi) is 3.34. The Labute approximate surface area is 95.9 Å². The van der Waals surface area contributed by atoms with Crippen molar-refractivity contribution in [3.8, 4) is 11.5 Å². The molecule has 0 aromatic heterocycles. The van der Waals surface area contributed by atoms with Gasteiger partial charge in [0, 0.05) is 11.6 Å². The standard InChI is InChI=1S/C13H19NO2/c14-12(9-5-2-1-3-6-9)10-7-4-8-11(15)13(10)16/h4,7-9,12,15-16H,1-3,5-6,14H2/t12-/m0/s1. The van der Waals surface area contributed by atoms with E-state index in [0.29, 0.717) is 11.5 Å². The van der Waals surface area contributed by atoms with Gasteiger partial charge in [-0.1, -0.05) is 31.4 Å². The summed E-state index contributed by atoms with van der Waals surface area (Å²) >= 11 is 0. The van der Waals surface area contributed by atoms with E-state index in [1.807, 2.05) is 0 Å². The fourth-order valence-corrected chi connectivity index (χ4v) is 2.56. The SMILES string of the molecule is N[C@H](c1cccc(O)c1O)C1CCCCC1. The minimum atomic E-state index is -0.160. The number of nitrogens with two attached hydrogens (primary N) is 1. The number of hydrogen-bond donors (Lipinski definition) is 3. The first-order valence-electron chi connectivity index (χ1n) is 5.96. The summed E-state index contributed by atoms with van der Waals surface area (Å²) in [4.78, 5) is 0. The highest BCUT2D eigenvalue weighted by Crippen LogP contribution is 2.39. The van der Waals surface area contributed by atoms with Crippen molar-refractivity contribution in [1.82, 2.24) is 0 Å². The van der Waals surface area contributed by atoms with Crippen LogP contribution in [0.25, 0.3) is 0 Å². The molecule has 0 heterocycles. The molecular formula is C13H19NO2. The molecule has 3 heteroatoms. The highest BCUT2D eigenvalue weighted by atomic mass is 16.3. The molecule has 1 saturated carbocycles. The summed E-state index contributed by atoms with van der Waals surface area (Å²) in [5.41, 5.74) is 6.84. The number of phenols is 2. The second kappa shape index (κ2) is 4.74. The van der Waals surface area contributed by atoms with Crippen LogP contribution in [0.2, 0.25) is 0 Å². The van der Waals surface area contributed by atoms with Gasteiger partial charge in [-0.15, -0.1) is 0 Å². The Hall–Kier alpha value is -1.22. The molecule has 16 heavy (non-hydrogen) atoms. The Morgan fingerprint density at radius 2 is 1.81 bits per heavy atom. The van der Waals surface area contributed by atoms with E-state index in [9.17, 15) is 10.2 Å². The molecule has 1 atom stereocenters. The molecule has 0 radical (unpaired) electrons. The third kappa shape index (κ3) is 2.14. The van der Waals surface area contributed by atoms with Crippen molar-refractivity contribution in [2.24, 2.45) is 11.7 Å². The highest BCUT2D eigenvalue weighted by Gasteiger charge is 2.24. The van der Waals surface area contributed by atoms with Gasteiger partial charge in [0.1, 0.15) is 0 Å². The molecular weight excluding hydrogens is 202 g/mol. The lowest BCUT2D eigenvalue weighted by Crippen LogP contribution is -2.23. The molecule has 4 N–H and O–H groups in total. The molecule has 88 valence electrons. The van der Waals surface area contributed by atoms with Gasteiger partial charge >= 0.3 is 0 Å². The average molecular weight is 221 g/mol. The van der Waals surface area contributed by atoms with Crippen LogP contribution in [0.5, 0.6) is 11.5 Å². The minimum Gasteiger partial charge on any atom is -0.504 e. The van der Waals surface area contributed by atoms with Crippen molar-refractivity contribution in [1.29, 1.82) is 0 Å². The second-order valence-corrected chi connectivity index (χ2v) is 4.64. The summed E-state index contributed by atoms with van der Waals surface area (Å²) in [5, 5.41) is 19.2. The Bertz CT molecular complexity index is 359. The number of phenolic OH excluding ortho intramolecular Hbond substituents is 2. The van der Waals surface area contributed by atoms with Crippen LogP contribution in [-0.2, 0) is 0 Å². The smallest absolute Gasteiger partial charge is 0.162 e. The van der Waals surface area contributed by atoms with Crippen molar-refractivity contribution < 1.29 is 10.2 Å². The molecule has 1 aliphatic carbocycles. The highest BCUT2D eigenvalue weighted by molar-refractivity contribution is 5.45. The summed E-state index contributed by atoms with van der Waals surface area (Å²) < 4.78 is 0. The van der Waals surface area contributed by atoms with Gasteiger partial charge < -0.3 is 15.9 Å². The zero-order valence-electron chi connectivity index (χ0n) is 9.39. The van der Waals surface area contributed by atoms with Crippen LogP contribution < -0.4 is 5.73 Å². The molecule has 0 bridgehead atoms. The fourth-order valence-electron chi connectivity index (χ4n) is 2.56. The molecule has 0 spiro atoms. The van der Waals surface area contributed by atoms with E-state index in [1.165, 1.54) is 25.3 Å². The van der Waals surface area contributed by atoms with Gasteiger partial charge in [-0.3, -0.25) is 0 Å². The molecule has 0 unspecified atom stereocenters. The first kappa shape index (κ1) is 11.3. The maximum absolute atomic E-state index is 9.77. The Morgan fingerprint density at radius 3 is 2.50 bits per heavy atom. The van der Waals surface area contributed by atoms with Gasteiger partial charge in [-0.25, -0.2) is 0 Å². The summed E-state index contributed by atoms with van der Waals surface area (Å²) in [6.07, 6.45) is 5.97. The number of hydrogen-bond acceptors (Lipinski definition) is 3. The van der Waals surface area contributed by atoms with Gasteiger partial charge in [0.25, 0.3) is 0 Å². The third-order valence-corrected chi connectivity index (χ3v) is 3.56. The zero-order chi connectivity index (χ0) is 11.5. The molecule has 1 fully saturated rings. The maximum Gasteiger partial charge on any atom is 0.162 e. The molecule has 0 aliphatic heterocycles. The topological polar surface area (TPSA) is 66.5 Å². The van der Waals surface area contributed by atoms with Gasteiger partial charge in [0.15, 0.2) is 11.5 Å². The van der Waals surface area contributed by atoms with Crippen LogP contribution in [-0.4, -0.2) is 10.2 Å². The molecule has 2 rings (SSSR count). The minimum absolute atomic E-state index is 0.0550. The fraction of sp³-hybridized carbons (Fsp3) is 0.538. The predicted octanol–water partition coefficient (Wildman–Crippen LogP) is 2.68. The van der Waals surface area contributed by atoms with Crippen LogP contribution >= 0.6 is 0 Å². The van der Waals surface area contributed by atoms with E-state index in [-0.39, 0.29) is 17.5 Å². The lowest BCUT2D eigenvalue weighted by molar-refractivity contribution is 0.300. The Morgan fingerprint density at radius 1 is 1.12 bits per heavy atom. The molecule has 0 saturated heterocycles. The quantitative estimate of drug-likeness (QED) is 0.673. The van der Waals surface area contributed by atoms with E-state index >= 15 is 0 Å². The summed E-state index contributed by atoms with van der Waals surface area (Å²) in [6.45, 7) is 0. The van der Waals surface area contributed by atoms with E-state index in [1.54, 1.807) is 12.1 Å². The maximum atomic E-state index is 9.77. The van der Waals surface area contributed by atoms with Crippen molar-refractivity contribution in [3.63, 3.8) is 0 Å². The van der Waals surface area contributed by atoms with Gasteiger partial charge in [-0.05, 0) is 24.8 Å². The molecule has 3 nitrogen and oxygen atoms in total. The Balaban J connectivity index is 2.19. The molecule has 0 amide bonds. The lowest BCUT2D eigenvalue weighted by atomic mass is 9.81. The monoisotopic (exact) mass is 221 g/mol. The normalized spacial score (nSPS) is 19.6. The first-order chi connectivity index (χ1) is 7.70. The zero-order valence-corrected chi connectivity index (χ0v) is 9.39.